The molecule has 0 aromatic carbocycles. The van der Waals surface area contributed by atoms with E-state index in [2.05, 4.69) is 24.2 Å². The van der Waals surface area contributed by atoms with Crippen LogP contribution in [0.3, 0.4) is 0 Å². The third kappa shape index (κ3) is 2.96. The highest BCUT2D eigenvalue weighted by atomic mass is 16.5. The van der Waals surface area contributed by atoms with Crippen LogP contribution in [0.25, 0.3) is 0 Å². The Bertz CT molecular complexity index is 204. The molecule has 1 saturated carbocycles. The summed E-state index contributed by atoms with van der Waals surface area (Å²) < 4.78 is 5.70. The van der Waals surface area contributed by atoms with E-state index in [-0.39, 0.29) is 0 Å². The molecule has 3 nitrogen and oxygen atoms in total. The first kappa shape index (κ1) is 12.3. The summed E-state index contributed by atoms with van der Waals surface area (Å²) in [5.74, 6) is 0.867. The molecule has 2 aliphatic rings. The molecule has 0 amide bonds. The zero-order valence-electron chi connectivity index (χ0n) is 10.7. The van der Waals surface area contributed by atoms with E-state index >= 15 is 0 Å². The summed E-state index contributed by atoms with van der Waals surface area (Å²) in [5.41, 5.74) is 0. The largest absolute Gasteiger partial charge is 0.377 e. The molecule has 0 spiro atoms. The second-order valence-electron chi connectivity index (χ2n) is 5.29. The fourth-order valence-corrected chi connectivity index (χ4v) is 2.94. The van der Waals surface area contributed by atoms with Gasteiger partial charge < -0.3 is 15.0 Å². The molecule has 1 saturated heterocycles. The van der Waals surface area contributed by atoms with Crippen LogP contribution in [0.5, 0.6) is 0 Å². The fourth-order valence-electron chi connectivity index (χ4n) is 2.94. The maximum Gasteiger partial charge on any atom is 0.0702 e. The molecule has 1 aliphatic heterocycles. The third-order valence-corrected chi connectivity index (χ3v) is 4.12. The van der Waals surface area contributed by atoms with Gasteiger partial charge in [-0.1, -0.05) is 6.92 Å². The molecule has 0 bridgehead atoms. The topological polar surface area (TPSA) is 24.5 Å². The minimum Gasteiger partial charge on any atom is -0.377 e. The van der Waals surface area contributed by atoms with Crippen molar-refractivity contribution in [3.63, 3.8) is 0 Å². The van der Waals surface area contributed by atoms with E-state index < -0.39 is 0 Å². The number of nitrogens with one attached hydrogen (secondary N) is 1. The fraction of sp³-hybridized carbons (Fsp3) is 1.00. The van der Waals surface area contributed by atoms with E-state index in [9.17, 15) is 0 Å². The summed E-state index contributed by atoms with van der Waals surface area (Å²) in [4.78, 5) is 2.53. The molecule has 16 heavy (non-hydrogen) atoms. The summed E-state index contributed by atoms with van der Waals surface area (Å²) in [6.45, 7) is 6.58. The first-order chi connectivity index (χ1) is 7.81. The summed E-state index contributed by atoms with van der Waals surface area (Å²) >= 11 is 0. The molecule has 3 unspecified atom stereocenters. The Kier molecular flexibility index (Phi) is 4.62. The van der Waals surface area contributed by atoms with Gasteiger partial charge >= 0.3 is 0 Å². The maximum absolute atomic E-state index is 5.70. The molecule has 94 valence electrons. The van der Waals surface area contributed by atoms with Crippen LogP contribution in [-0.2, 0) is 4.74 Å². The van der Waals surface area contributed by atoms with Crippen molar-refractivity contribution >= 4 is 0 Å². The summed E-state index contributed by atoms with van der Waals surface area (Å²) in [6, 6.07) is 0.795. The highest BCUT2D eigenvalue weighted by Gasteiger charge is 2.34. The summed E-state index contributed by atoms with van der Waals surface area (Å²) in [7, 11) is 2.27. The van der Waals surface area contributed by atoms with E-state index in [4.69, 9.17) is 4.74 Å². The lowest BCUT2D eigenvalue weighted by molar-refractivity contribution is 0.0263. The Morgan fingerprint density at radius 1 is 1.31 bits per heavy atom. The van der Waals surface area contributed by atoms with Crippen molar-refractivity contribution in [3.8, 4) is 0 Å². The third-order valence-electron chi connectivity index (χ3n) is 4.12. The van der Waals surface area contributed by atoms with Crippen molar-refractivity contribution in [1.29, 1.82) is 0 Å². The second-order valence-corrected chi connectivity index (χ2v) is 5.29. The Morgan fingerprint density at radius 2 is 2.19 bits per heavy atom. The predicted molar refractivity (Wildman–Crippen MR) is 66.7 cm³/mol. The lowest BCUT2D eigenvalue weighted by Crippen LogP contribution is -2.50. The summed E-state index contributed by atoms with van der Waals surface area (Å²) in [6.07, 6.45) is 5.79. The minimum absolute atomic E-state index is 0.505. The summed E-state index contributed by atoms with van der Waals surface area (Å²) in [5, 5.41) is 3.47. The van der Waals surface area contributed by atoms with Crippen molar-refractivity contribution in [2.45, 2.75) is 44.8 Å². The van der Waals surface area contributed by atoms with Gasteiger partial charge in [-0.05, 0) is 51.7 Å². The normalized spacial score (nSPS) is 34.3. The van der Waals surface area contributed by atoms with Gasteiger partial charge in [0.1, 0.15) is 0 Å². The van der Waals surface area contributed by atoms with E-state index in [1.165, 1.54) is 32.2 Å². The first-order valence-electron chi connectivity index (χ1n) is 6.83. The Morgan fingerprint density at radius 3 is 2.75 bits per heavy atom. The Balaban J connectivity index is 1.69. The molecule has 2 fully saturated rings. The lowest BCUT2D eigenvalue weighted by atomic mass is 9.78. The van der Waals surface area contributed by atoms with E-state index in [1.54, 1.807) is 0 Å². The highest BCUT2D eigenvalue weighted by Crippen LogP contribution is 2.31. The van der Waals surface area contributed by atoms with E-state index in [0.29, 0.717) is 6.10 Å². The molecular weight excluding hydrogens is 200 g/mol. The standard InChI is InChI=1S/C13H26N2O/c1-3-14-9-11-6-7-13(11)15(2)10-12-5-4-8-16-12/h11-14H,3-10H2,1-2H3. The van der Waals surface area contributed by atoms with Gasteiger partial charge in [-0.25, -0.2) is 0 Å². The monoisotopic (exact) mass is 226 g/mol. The molecule has 0 radical (unpaired) electrons. The van der Waals surface area contributed by atoms with Crippen molar-refractivity contribution < 1.29 is 4.74 Å². The molecule has 2 rings (SSSR count). The molecule has 0 aromatic heterocycles. The average Bonchev–Trinajstić information content (AvgIpc) is 2.69. The highest BCUT2D eigenvalue weighted by molar-refractivity contribution is 4.89. The van der Waals surface area contributed by atoms with Gasteiger partial charge in [0.15, 0.2) is 0 Å². The molecule has 3 atom stereocenters. The zero-order valence-corrected chi connectivity index (χ0v) is 10.7. The Hall–Kier alpha value is -0.120. The predicted octanol–water partition coefficient (Wildman–Crippen LogP) is 1.49. The van der Waals surface area contributed by atoms with Gasteiger partial charge in [-0.2, -0.15) is 0 Å². The maximum atomic E-state index is 5.70. The van der Waals surface area contributed by atoms with Crippen molar-refractivity contribution in [2.24, 2.45) is 5.92 Å². The van der Waals surface area contributed by atoms with Crippen LogP contribution in [0.1, 0.15) is 32.6 Å². The SMILES string of the molecule is CCNCC1CCC1N(C)CC1CCCO1. The molecule has 3 heteroatoms. The van der Waals surface area contributed by atoms with Crippen LogP contribution >= 0.6 is 0 Å². The van der Waals surface area contributed by atoms with Gasteiger partial charge in [0.2, 0.25) is 0 Å². The van der Waals surface area contributed by atoms with Crippen LogP contribution in [0, 0.1) is 5.92 Å². The second kappa shape index (κ2) is 5.99. The lowest BCUT2D eigenvalue weighted by Gasteiger charge is -2.43. The quantitative estimate of drug-likeness (QED) is 0.742. The van der Waals surface area contributed by atoms with Gasteiger partial charge in [0.25, 0.3) is 0 Å². The van der Waals surface area contributed by atoms with Gasteiger partial charge in [-0.3, -0.25) is 0 Å². The molecule has 1 aliphatic carbocycles. The number of ether oxygens (including phenoxy) is 1. The first-order valence-corrected chi connectivity index (χ1v) is 6.83. The Labute approximate surface area is 99.5 Å². The van der Waals surface area contributed by atoms with Crippen LogP contribution < -0.4 is 5.32 Å². The van der Waals surface area contributed by atoms with Crippen LogP contribution in [-0.4, -0.2) is 50.3 Å². The van der Waals surface area contributed by atoms with Crippen molar-refractivity contribution in [2.75, 3.05) is 33.3 Å². The van der Waals surface area contributed by atoms with Gasteiger partial charge in [-0.15, -0.1) is 0 Å². The smallest absolute Gasteiger partial charge is 0.0702 e. The number of rotatable bonds is 6. The van der Waals surface area contributed by atoms with E-state index in [1.807, 2.05) is 0 Å². The molecule has 1 N–H and O–H groups in total. The average molecular weight is 226 g/mol. The number of nitrogens with zero attached hydrogens (tertiary/aromatic N) is 1. The minimum atomic E-state index is 0.505. The number of hydrogen-bond donors (Lipinski definition) is 1. The molecular formula is C13H26N2O. The van der Waals surface area contributed by atoms with Crippen LogP contribution in [0.15, 0.2) is 0 Å². The van der Waals surface area contributed by atoms with E-state index in [0.717, 1.165) is 31.7 Å². The number of likely N-dealkylation sites (N-methyl/N-ethyl adjacent to an activating group) is 1. The van der Waals surface area contributed by atoms with Crippen LogP contribution in [0.4, 0.5) is 0 Å². The number of hydrogen-bond acceptors (Lipinski definition) is 3. The van der Waals surface area contributed by atoms with Crippen LogP contribution in [0.2, 0.25) is 0 Å². The van der Waals surface area contributed by atoms with Gasteiger partial charge in [0.05, 0.1) is 6.10 Å². The molecule has 0 aromatic rings. The van der Waals surface area contributed by atoms with Crippen molar-refractivity contribution in [1.82, 2.24) is 10.2 Å². The molecule has 1 heterocycles. The van der Waals surface area contributed by atoms with Crippen molar-refractivity contribution in [3.05, 3.63) is 0 Å². The zero-order chi connectivity index (χ0) is 11.4. The van der Waals surface area contributed by atoms with Gasteiger partial charge in [0, 0.05) is 19.2 Å².